The molecule has 0 fully saturated rings. The summed E-state index contributed by atoms with van der Waals surface area (Å²) < 4.78 is 0. The number of nitro groups is 1. The van der Waals surface area contributed by atoms with Crippen molar-refractivity contribution in [1.29, 1.82) is 0 Å². The second-order valence-electron chi connectivity index (χ2n) is 4.98. The number of aromatic nitrogens is 1. The van der Waals surface area contributed by atoms with E-state index in [2.05, 4.69) is 31.1 Å². The summed E-state index contributed by atoms with van der Waals surface area (Å²) in [5, 5.41) is 13.9. The summed E-state index contributed by atoms with van der Waals surface area (Å²) in [6.07, 6.45) is 2.36. The SMILES string of the molecule is CCC(C)(C)CNc1cc(C)c([N+](=O)[O-])cn1. The van der Waals surface area contributed by atoms with Crippen LogP contribution in [-0.4, -0.2) is 16.5 Å². The van der Waals surface area contributed by atoms with Gasteiger partial charge in [-0.1, -0.05) is 20.8 Å². The Labute approximate surface area is 101 Å². The van der Waals surface area contributed by atoms with Crippen LogP contribution in [-0.2, 0) is 0 Å². The van der Waals surface area contributed by atoms with Gasteiger partial charge in [-0.3, -0.25) is 10.1 Å². The molecule has 0 spiro atoms. The maximum absolute atomic E-state index is 10.6. The van der Waals surface area contributed by atoms with E-state index in [0.717, 1.165) is 13.0 Å². The van der Waals surface area contributed by atoms with Gasteiger partial charge in [0, 0.05) is 12.1 Å². The first kappa shape index (κ1) is 13.4. The lowest BCUT2D eigenvalue weighted by Gasteiger charge is -2.23. The Morgan fingerprint density at radius 3 is 2.65 bits per heavy atom. The molecule has 17 heavy (non-hydrogen) atoms. The molecule has 0 amide bonds. The van der Waals surface area contributed by atoms with Crippen LogP contribution in [0.3, 0.4) is 0 Å². The smallest absolute Gasteiger partial charge is 0.290 e. The van der Waals surface area contributed by atoms with E-state index in [9.17, 15) is 10.1 Å². The Balaban J connectivity index is 2.75. The van der Waals surface area contributed by atoms with Crippen molar-refractivity contribution in [2.75, 3.05) is 11.9 Å². The summed E-state index contributed by atoms with van der Waals surface area (Å²) in [6, 6.07) is 1.71. The van der Waals surface area contributed by atoms with Gasteiger partial charge in [0.05, 0.1) is 4.92 Å². The molecule has 5 heteroatoms. The van der Waals surface area contributed by atoms with Crippen molar-refractivity contribution < 1.29 is 4.92 Å². The lowest BCUT2D eigenvalue weighted by atomic mass is 9.90. The van der Waals surface area contributed by atoms with Gasteiger partial charge in [0.15, 0.2) is 0 Å². The van der Waals surface area contributed by atoms with E-state index < -0.39 is 4.92 Å². The van der Waals surface area contributed by atoms with E-state index in [1.165, 1.54) is 6.20 Å². The van der Waals surface area contributed by atoms with Crippen LogP contribution >= 0.6 is 0 Å². The molecule has 5 nitrogen and oxygen atoms in total. The third-order valence-electron chi connectivity index (χ3n) is 2.99. The second kappa shape index (κ2) is 5.12. The van der Waals surface area contributed by atoms with Crippen molar-refractivity contribution in [1.82, 2.24) is 4.98 Å². The quantitative estimate of drug-likeness (QED) is 0.631. The molecule has 0 radical (unpaired) electrons. The van der Waals surface area contributed by atoms with Gasteiger partial charge < -0.3 is 5.32 Å². The first-order chi connectivity index (χ1) is 7.85. The van der Waals surface area contributed by atoms with Crippen LogP contribution in [0.25, 0.3) is 0 Å². The van der Waals surface area contributed by atoms with Crippen molar-refractivity contribution in [3.8, 4) is 0 Å². The molecule has 0 bridgehead atoms. The highest BCUT2D eigenvalue weighted by Crippen LogP contribution is 2.22. The van der Waals surface area contributed by atoms with Crippen molar-refractivity contribution in [2.24, 2.45) is 5.41 Å². The van der Waals surface area contributed by atoms with Crippen LogP contribution in [0.4, 0.5) is 11.5 Å². The molecule has 1 rings (SSSR count). The maximum atomic E-state index is 10.6. The minimum absolute atomic E-state index is 0.0605. The molecule has 0 aromatic carbocycles. The molecule has 1 aromatic rings. The number of rotatable bonds is 5. The van der Waals surface area contributed by atoms with Crippen LogP contribution in [0.15, 0.2) is 12.3 Å². The molecule has 0 saturated heterocycles. The molecule has 0 unspecified atom stereocenters. The first-order valence-electron chi connectivity index (χ1n) is 5.70. The van der Waals surface area contributed by atoms with Crippen molar-refractivity contribution >= 4 is 11.5 Å². The van der Waals surface area contributed by atoms with E-state index in [-0.39, 0.29) is 11.1 Å². The highest BCUT2D eigenvalue weighted by Gasteiger charge is 2.16. The van der Waals surface area contributed by atoms with Gasteiger partial charge in [0.1, 0.15) is 12.0 Å². The maximum Gasteiger partial charge on any atom is 0.290 e. The van der Waals surface area contributed by atoms with Crippen LogP contribution in [0.5, 0.6) is 0 Å². The fourth-order valence-corrected chi connectivity index (χ4v) is 1.29. The summed E-state index contributed by atoms with van der Waals surface area (Å²) >= 11 is 0. The predicted octanol–water partition coefficient (Wildman–Crippen LogP) is 3.15. The zero-order valence-corrected chi connectivity index (χ0v) is 10.8. The Kier molecular flexibility index (Phi) is 4.04. The standard InChI is InChI=1S/C12H19N3O2/c1-5-12(3,4)8-14-11-6-9(2)10(7-13-11)15(16)17/h6-7H,5,8H2,1-4H3,(H,13,14). The Bertz CT molecular complexity index is 416. The van der Waals surface area contributed by atoms with Gasteiger partial charge in [-0.2, -0.15) is 0 Å². The van der Waals surface area contributed by atoms with Gasteiger partial charge >= 0.3 is 0 Å². The summed E-state index contributed by atoms with van der Waals surface area (Å²) in [4.78, 5) is 14.3. The molecular weight excluding hydrogens is 218 g/mol. The molecule has 1 N–H and O–H groups in total. The second-order valence-corrected chi connectivity index (χ2v) is 4.98. The number of nitrogens with one attached hydrogen (secondary N) is 1. The molecular formula is C12H19N3O2. The summed E-state index contributed by atoms with van der Waals surface area (Å²) in [5.41, 5.74) is 0.879. The Hall–Kier alpha value is -1.65. The van der Waals surface area contributed by atoms with Crippen LogP contribution in [0, 0.1) is 22.5 Å². The molecule has 0 saturated carbocycles. The van der Waals surface area contributed by atoms with Gasteiger partial charge in [-0.05, 0) is 24.8 Å². The van der Waals surface area contributed by atoms with E-state index in [0.29, 0.717) is 11.4 Å². The number of hydrogen-bond donors (Lipinski definition) is 1. The molecule has 1 heterocycles. The van der Waals surface area contributed by atoms with E-state index in [4.69, 9.17) is 0 Å². The first-order valence-corrected chi connectivity index (χ1v) is 5.70. The van der Waals surface area contributed by atoms with Gasteiger partial charge in [0.25, 0.3) is 5.69 Å². The summed E-state index contributed by atoms with van der Waals surface area (Å²) in [7, 11) is 0. The normalized spacial score (nSPS) is 11.3. The average Bonchev–Trinajstić information content (AvgIpc) is 2.26. The molecule has 1 aromatic heterocycles. The van der Waals surface area contributed by atoms with E-state index >= 15 is 0 Å². The van der Waals surface area contributed by atoms with Gasteiger partial charge in [-0.15, -0.1) is 0 Å². The van der Waals surface area contributed by atoms with Crippen molar-refractivity contribution in [2.45, 2.75) is 34.1 Å². The zero-order valence-electron chi connectivity index (χ0n) is 10.8. The summed E-state index contributed by atoms with van der Waals surface area (Å²) in [5.74, 6) is 0.689. The molecule has 0 aliphatic heterocycles. The molecule has 0 aliphatic carbocycles. The Morgan fingerprint density at radius 1 is 1.53 bits per heavy atom. The average molecular weight is 237 g/mol. The molecule has 0 atom stereocenters. The zero-order chi connectivity index (χ0) is 13.1. The van der Waals surface area contributed by atoms with Crippen LogP contribution in [0.2, 0.25) is 0 Å². The number of pyridine rings is 1. The predicted molar refractivity (Wildman–Crippen MR) is 68.2 cm³/mol. The van der Waals surface area contributed by atoms with E-state index in [1.807, 2.05) is 0 Å². The third-order valence-corrected chi connectivity index (χ3v) is 2.99. The highest BCUT2D eigenvalue weighted by molar-refractivity contribution is 5.46. The largest absolute Gasteiger partial charge is 0.370 e. The lowest BCUT2D eigenvalue weighted by Crippen LogP contribution is -2.22. The lowest BCUT2D eigenvalue weighted by molar-refractivity contribution is -0.385. The number of aryl methyl sites for hydroxylation is 1. The highest BCUT2D eigenvalue weighted by atomic mass is 16.6. The fourth-order valence-electron chi connectivity index (χ4n) is 1.29. The number of nitrogens with zero attached hydrogens (tertiary/aromatic N) is 2. The number of anilines is 1. The molecule has 0 aliphatic rings. The van der Waals surface area contributed by atoms with Crippen molar-refractivity contribution in [3.63, 3.8) is 0 Å². The fraction of sp³-hybridized carbons (Fsp3) is 0.583. The van der Waals surface area contributed by atoms with Gasteiger partial charge in [-0.25, -0.2) is 4.98 Å². The minimum Gasteiger partial charge on any atom is -0.370 e. The minimum atomic E-state index is -0.415. The van der Waals surface area contributed by atoms with Crippen LogP contribution < -0.4 is 5.32 Å². The van der Waals surface area contributed by atoms with Crippen molar-refractivity contribution in [3.05, 3.63) is 27.9 Å². The Morgan fingerprint density at radius 2 is 2.18 bits per heavy atom. The van der Waals surface area contributed by atoms with Gasteiger partial charge in [0.2, 0.25) is 0 Å². The topological polar surface area (TPSA) is 68.1 Å². The monoisotopic (exact) mass is 237 g/mol. The van der Waals surface area contributed by atoms with E-state index in [1.54, 1.807) is 13.0 Å². The van der Waals surface area contributed by atoms with Crippen LogP contribution in [0.1, 0.15) is 32.8 Å². The summed E-state index contributed by atoms with van der Waals surface area (Å²) in [6.45, 7) is 8.98. The molecule has 94 valence electrons. The number of hydrogen-bond acceptors (Lipinski definition) is 4. The third kappa shape index (κ3) is 3.69.